The van der Waals surface area contributed by atoms with Crippen LogP contribution in [0, 0.1) is 13.8 Å². The normalized spacial score (nSPS) is 13.2. The van der Waals surface area contributed by atoms with Gasteiger partial charge in [-0.15, -0.1) is 0 Å². The molecule has 0 radical (unpaired) electrons. The number of hydrogen-bond donors (Lipinski definition) is 0. The number of benzene rings is 2. The Balaban J connectivity index is 2.28. The zero-order chi connectivity index (χ0) is 17.9. The van der Waals surface area contributed by atoms with Gasteiger partial charge in [0, 0.05) is 5.56 Å². The molecule has 0 saturated heterocycles. The van der Waals surface area contributed by atoms with Crippen LogP contribution in [0.1, 0.15) is 31.9 Å². The molecule has 3 nitrogen and oxygen atoms in total. The summed E-state index contributed by atoms with van der Waals surface area (Å²) in [5, 5.41) is 0. The number of ketones is 1. The fourth-order valence-electron chi connectivity index (χ4n) is 2.68. The average Bonchev–Trinajstić information content (AvgIpc) is 2.59. The highest BCUT2D eigenvalue weighted by Gasteiger charge is 2.28. The minimum atomic E-state index is -0.378. The van der Waals surface area contributed by atoms with E-state index in [1.807, 2.05) is 26.0 Å². The zero-order valence-electron chi connectivity index (χ0n) is 14.1. The lowest BCUT2D eigenvalue weighted by atomic mass is 9.95. The molecule has 0 amide bonds. The number of carbonyl (C=O) groups excluding carboxylic acids is 1. The molecule has 0 heterocycles. The maximum absolute atomic E-state index is 12.8. The maximum Gasteiger partial charge on any atom is 0.177 e. The standard InChI is InChI=1S/C19H20Br2O3/c1-11-9-15(24-4)10-12(2)16(11)17(20)18(21)19(22)13-5-7-14(23-3)8-6-13/h5-10,17-18H,1-4H3. The molecule has 0 aliphatic carbocycles. The number of ether oxygens (including phenoxy) is 2. The second kappa shape index (κ2) is 8.17. The third-order valence-electron chi connectivity index (χ3n) is 3.96. The van der Waals surface area contributed by atoms with E-state index in [1.165, 1.54) is 0 Å². The summed E-state index contributed by atoms with van der Waals surface area (Å²) in [5.74, 6) is 1.57. The van der Waals surface area contributed by atoms with Crippen LogP contribution in [0.5, 0.6) is 11.5 Å². The van der Waals surface area contributed by atoms with Gasteiger partial charge >= 0.3 is 0 Å². The predicted molar refractivity (Wildman–Crippen MR) is 104 cm³/mol. The molecule has 2 unspecified atom stereocenters. The van der Waals surface area contributed by atoms with E-state index in [1.54, 1.807) is 38.5 Å². The fourth-order valence-corrected chi connectivity index (χ4v) is 4.17. The molecule has 2 atom stereocenters. The van der Waals surface area contributed by atoms with Crippen molar-refractivity contribution in [1.82, 2.24) is 0 Å². The summed E-state index contributed by atoms with van der Waals surface area (Å²) in [5.41, 5.74) is 3.91. The summed E-state index contributed by atoms with van der Waals surface area (Å²) in [6.07, 6.45) is 0. The number of hydrogen-bond acceptors (Lipinski definition) is 3. The maximum atomic E-state index is 12.8. The van der Waals surface area contributed by atoms with Gasteiger partial charge in [0.25, 0.3) is 0 Å². The van der Waals surface area contributed by atoms with E-state index in [0.29, 0.717) is 5.56 Å². The van der Waals surface area contributed by atoms with Gasteiger partial charge in [0.05, 0.1) is 23.9 Å². The second-order valence-corrected chi connectivity index (χ2v) is 7.54. The molecule has 2 rings (SSSR count). The van der Waals surface area contributed by atoms with E-state index in [9.17, 15) is 4.79 Å². The van der Waals surface area contributed by atoms with Gasteiger partial charge in [-0.05, 0) is 66.9 Å². The highest BCUT2D eigenvalue weighted by Crippen LogP contribution is 2.38. The van der Waals surface area contributed by atoms with Crippen LogP contribution in [-0.2, 0) is 0 Å². The van der Waals surface area contributed by atoms with E-state index in [-0.39, 0.29) is 15.4 Å². The van der Waals surface area contributed by atoms with Gasteiger partial charge in [0.1, 0.15) is 11.5 Å². The van der Waals surface area contributed by atoms with E-state index >= 15 is 0 Å². The molecule has 2 aromatic carbocycles. The Kier molecular flexibility index (Phi) is 6.47. The third kappa shape index (κ3) is 4.01. The Morgan fingerprint density at radius 1 is 0.917 bits per heavy atom. The lowest BCUT2D eigenvalue weighted by Gasteiger charge is -2.21. The number of alkyl halides is 2. The lowest BCUT2D eigenvalue weighted by molar-refractivity contribution is 0.0991. The van der Waals surface area contributed by atoms with E-state index < -0.39 is 0 Å². The van der Waals surface area contributed by atoms with Crippen molar-refractivity contribution in [2.24, 2.45) is 0 Å². The number of methoxy groups -OCH3 is 2. The first-order valence-corrected chi connectivity index (χ1v) is 9.33. The molecule has 0 fully saturated rings. The van der Waals surface area contributed by atoms with Crippen molar-refractivity contribution in [3.8, 4) is 11.5 Å². The number of Topliss-reactive ketones (excluding diaryl/α,β-unsaturated/α-hetero) is 1. The topological polar surface area (TPSA) is 35.5 Å². The van der Waals surface area contributed by atoms with Crippen molar-refractivity contribution in [2.75, 3.05) is 14.2 Å². The van der Waals surface area contributed by atoms with Crippen molar-refractivity contribution in [1.29, 1.82) is 0 Å². The summed E-state index contributed by atoms with van der Waals surface area (Å²) >= 11 is 7.26. The van der Waals surface area contributed by atoms with E-state index in [0.717, 1.165) is 28.2 Å². The summed E-state index contributed by atoms with van der Waals surface area (Å²) < 4.78 is 10.4. The SMILES string of the molecule is COc1ccc(C(=O)C(Br)C(Br)c2c(C)cc(OC)cc2C)cc1. The second-order valence-electron chi connectivity index (χ2n) is 5.57. The Hall–Kier alpha value is -1.33. The van der Waals surface area contributed by atoms with Crippen molar-refractivity contribution in [3.05, 3.63) is 58.7 Å². The van der Waals surface area contributed by atoms with Gasteiger partial charge in [-0.3, -0.25) is 4.79 Å². The Morgan fingerprint density at radius 2 is 1.42 bits per heavy atom. The van der Waals surface area contributed by atoms with Crippen molar-refractivity contribution < 1.29 is 14.3 Å². The van der Waals surface area contributed by atoms with Gasteiger partial charge in [0.2, 0.25) is 0 Å². The monoisotopic (exact) mass is 454 g/mol. The van der Waals surface area contributed by atoms with Crippen LogP contribution in [0.25, 0.3) is 0 Å². The van der Waals surface area contributed by atoms with Crippen LogP contribution in [-0.4, -0.2) is 24.8 Å². The molecule has 0 spiro atoms. The first-order valence-electron chi connectivity index (χ1n) is 7.50. The average molecular weight is 456 g/mol. The molecule has 24 heavy (non-hydrogen) atoms. The smallest absolute Gasteiger partial charge is 0.177 e. The Bertz CT molecular complexity index is 703. The Morgan fingerprint density at radius 3 is 1.88 bits per heavy atom. The van der Waals surface area contributed by atoms with Crippen molar-refractivity contribution in [2.45, 2.75) is 23.5 Å². The first kappa shape index (κ1) is 19.0. The first-order chi connectivity index (χ1) is 11.4. The molecule has 0 aromatic heterocycles. The van der Waals surface area contributed by atoms with E-state index in [2.05, 4.69) is 31.9 Å². The summed E-state index contributed by atoms with van der Waals surface area (Å²) in [6, 6.07) is 11.1. The number of carbonyl (C=O) groups is 1. The molecular weight excluding hydrogens is 436 g/mol. The highest BCUT2D eigenvalue weighted by molar-refractivity contribution is 9.12. The van der Waals surface area contributed by atoms with Gasteiger partial charge < -0.3 is 9.47 Å². The van der Waals surface area contributed by atoms with Crippen LogP contribution >= 0.6 is 31.9 Å². The molecular formula is C19H20Br2O3. The minimum Gasteiger partial charge on any atom is -0.497 e. The molecule has 5 heteroatoms. The molecule has 0 bridgehead atoms. The molecule has 128 valence electrons. The van der Waals surface area contributed by atoms with Gasteiger partial charge in [-0.25, -0.2) is 0 Å². The fraction of sp³-hybridized carbons (Fsp3) is 0.316. The molecule has 0 saturated carbocycles. The van der Waals surface area contributed by atoms with E-state index in [4.69, 9.17) is 9.47 Å². The third-order valence-corrected chi connectivity index (χ3v) is 6.60. The molecule has 0 aliphatic heterocycles. The van der Waals surface area contributed by atoms with Gasteiger partial charge in [-0.2, -0.15) is 0 Å². The predicted octanol–water partition coefficient (Wildman–Crippen LogP) is 5.40. The van der Waals surface area contributed by atoms with Crippen LogP contribution in [0.3, 0.4) is 0 Å². The quantitative estimate of drug-likeness (QED) is 0.431. The zero-order valence-corrected chi connectivity index (χ0v) is 17.3. The summed E-state index contributed by atoms with van der Waals surface area (Å²) in [4.78, 5) is 12.2. The van der Waals surface area contributed by atoms with Crippen molar-refractivity contribution in [3.63, 3.8) is 0 Å². The van der Waals surface area contributed by atoms with Gasteiger partial charge in [-0.1, -0.05) is 31.9 Å². The number of halogens is 2. The van der Waals surface area contributed by atoms with Crippen molar-refractivity contribution >= 4 is 37.6 Å². The largest absolute Gasteiger partial charge is 0.497 e. The van der Waals surface area contributed by atoms with Crippen LogP contribution in [0.2, 0.25) is 0 Å². The van der Waals surface area contributed by atoms with Crippen LogP contribution < -0.4 is 9.47 Å². The highest BCUT2D eigenvalue weighted by atomic mass is 79.9. The molecule has 0 N–H and O–H groups in total. The lowest BCUT2D eigenvalue weighted by Crippen LogP contribution is -2.20. The molecule has 2 aromatic rings. The van der Waals surface area contributed by atoms with Crippen LogP contribution in [0.4, 0.5) is 0 Å². The number of aryl methyl sites for hydroxylation is 2. The summed E-state index contributed by atoms with van der Waals surface area (Å²) in [6.45, 7) is 4.05. The van der Waals surface area contributed by atoms with Gasteiger partial charge in [0.15, 0.2) is 5.78 Å². The van der Waals surface area contributed by atoms with Crippen LogP contribution in [0.15, 0.2) is 36.4 Å². The Labute approximate surface area is 159 Å². The number of rotatable bonds is 6. The molecule has 0 aliphatic rings. The minimum absolute atomic E-state index is 0.0224. The summed E-state index contributed by atoms with van der Waals surface area (Å²) in [7, 11) is 3.26.